The molecule has 0 atom stereocenters. The molecular formula is C23H36N2O2SSi. The predicted molar refractivity (Wildman–Crippen MR) is 126 cm³/mol. The summed E-state index contributed by atoms with van der Waals surface area (Å²) >= 11 is 1.66. The number of rotatable bonds is 6. The van der Waals surface area contributed by atoms with Crippen molar-refractivity contribution in [1.82, 2.24) is 9.78 Å². The van der Waals surface area contributed by atoms with Crippen LogP contribution < -0.4 is 5.56 Å². The summed E-state index contributed by atoms with van der Waals surface area (Å²) in [6.45, 7) is 19.5. The maximum atomic E-state index is 13.3. The normalized spacial score (nSPS) is 13.0. The fourth-order valence-corrected chi connectivity index (χ4v) is 4.42. The van der Waals surface area contributed by atoms with E-state index in [2.05, 4.69) is 70.2 Å². The maximum Gasteiger partial charge on any atom is 0.273 e. The molecule has 6 heteroatoms. The Morgan fingerprint density at radius 3 is 2.17 bits per heavy atom. The summed E-state index contributed by atoms with van der Waals surface area (Å²) < 4.78 is 8.00. The summed E-state index contributed by atoms with van der Waals surface area (Å²) in [5.74, 6) is 0.800. The maximum absolute atomic E-state index is 13.3. The molecule has 1 aromatic heterocycles. The highest BCUT2D eigenvalue weighted by molar-refractivity contribution is 7.98. The van der Waals surface area contributed by atoms with Crippen molar-refractivity contribution in [2.24, 2.45) is 0 Å². The monoisotopic (exact) mass is 432 g/mol. The third-order valence-corrected chi connectivity index (χ3v) is 11.2. The van der Waals surface area contributed by atoms with Crippen LogP contribution in [0.1, 0.15) is 58.2 Å². The van der Waals surface area contributed by atoms with E-state index in [9.17, 15) is 4.79 Å². The molecule has 29 heavy (non-hydrogen) atoms. The lowest BCUT2D eigenvalue weighted by Crippen LogP contribution is -2.42. The van der Waals surface area contributed by atoms with Gasteiger partial charge in [-0.25, -0.2) is 4.68 Å². The van der Waals surface area contributed by atoms with Crippen LogP contribution >= 0.6 is 11.8 Å². The zero-order valence-corrected chi connectivity index (χ0v) is 21.2. The Morgan fingerprint density at radius 2 is 1.66 bits per heavy atom. The SMILES string of the molecule is Cc1ccc(CSc2cnn(C(C)(C)C)c(=O)c2CO[Si](C)(C)C(C)(C)C)cc1. The third-order valence-electron chi connectivity index (χ3n) is 5.57. The molecule has 2 aromatic rings. The molecule has 0 radical (unpaired) electrons. The second kappa shape index (κ2) is 8.78. The molecule has 0 bridgehead atoms. The topological polar surface area (TPSA) is 44.1 Å². The average molecular weight is 433 g/mol. The van der Waals surface area contributed by atoms with Crippen LogP contribution in [0, 0.1) is 6.92 Å². The van der Waals surface area contributed by atoms with E-state index in [1.54, 1.807) is 16.4 Å². The fraction of sp³-hybridized carbons (Fsp3) is 0.565. The first kappa shape index (κ1) is 23.9. The molecule has 0 saturated carbocycles. The van der Waals surface area contributed by atoms with Gasteiger partial charge in [-0.15, -0.1) is 11.8 Å². The van der Waals surface area contributed by atoms with Gasteiger partial charge in [-0.2, -0.15) is 5.10 Å². The molecule has 4 nitrogen and oxygen atoms in total. The van der Waals surface area contributed by atoms with Crippen LogP contribution in [0.5, 0.6) is 0 Å². The van der Waals surface area contributed by atoms with Crippen LogP contribution in [0.25, 0.3) is 0 Å². The van der Waals surface area contributed by atoms with Crippen molar-refractivity contribution < 1.29 is 4.43 Å². The lowest BCUT2D eigenvalue weighted by atomic mass is 10.1. The van der Waals surface area contributed by atoms with Gasteiger partial charge in [-0.3, -0.25) is 4.79 Å². The Bertz CT molecular complexity index is 891. The van der Waals surface area contributed by atoms with E-state index in [1.165, 1.54) is 11.1 Å². The lowest BCUT2D eigenvalue weighted by Gasteiger charge is -2.36. The molecule has 1 aromatic carbocycles. The third kappa shape index (κ3) is 6.06. The van der Waals surface area contributed by atoms with Crippen molar-refractivity contribution in [3.05, 3.63) is 57.5 Å². The van der Waals surface area contributed by atoms with Gasteiger partial charge in [-0.1, -0.05) is 50.6 Å². The Labute approximate surface area is 181 Å². The number of thioether (sulfide) groups is 1. The van der Waals surface area contributed by atoms with E-state index in [4.69, 9.17) is 4.43 Å². The predicted octanol–water partition coefficient (Wildman–Crippen LogP) is 6.12. The van der Waals surface area contributed by atoms with Crippen molar-refractivity contribution in [3.63, 3.8) is 0 Å². The molecule has 0 aliphatic rings. The summed E-state index contributed by atoms with van der Waals surface area (Å²) in [7, 11) is -1.97. The Hall–Kier alpha value is -1.37. The smallest absolute Gasteiger partial charge is 0.273 e. The largest absolute Gasteiger partial charge is 0.412 e. The minimum atomic E-state index is -1.97. The zero-order valence-electron chi connectivity index (χ0n) is 19.4. The van der Waals surface area contributed by atoms with Crippen LogP contribution in [-0.4, -0.2) is 18.1 Å². The van der Waals surface area contributed by atoms with Crippen molar-refractivity contribution in [1.29, 1.82) is 0 Å². The molecule has 0 aliphatic carbocycles. The molecule has 0 saturated heterocycles. The van der Waals surface area contributed by atoms with Crippen molar-refractivity contribution in [2.45, 2.75) is 89.4 Å². The molecular weight excluding hydrogens is 396 g/mol. The van der Waals surface area contributed by atoms with Crippen LogP contribution in [0.3, 0.4) is 0 Å². The summed E-state index contributed by atoms with van der Waals surface area (Å²) in [6.07, 6.45) is 1.83. The fourth-order valence-electron chi connectivity index (χ4n) is 2.52. The summed E-state index contributed by atoms with van der Waals surface area (Å²) in [6, 6.07) is 8.51. The van der Waals surface area contributed by atoms with Gasteiger partial charge in [0.15, 0.2) is 8.32 Å². The van der Waals surface area contributed by atoms with Gasteiger partial charge in [0.25, 0.3) is 5.56 Å². The van der Waals surface area contributed by atoms with Gasteiger partial charge in [0.1, 0.15) is 0 Å². The highest BCUT2D eigenvalue weighted by Gasteiger charge is 2.37. The Morgan fingerprint density at radius 1 is 1.07 bits per heavy atom. The van der Waals surface area contributed by atoms with Crippen LogP contribution in [0.4, 0.5) is 0 Å². The number of hydrogen-bond donors (Lipinski definition) is 0. The van der Waals surface area contributed by atoms with Crippen LogP contribution in [0.15, 0.2) is 40.2 Å². The van der Waals surface area contributed by atoms with Crippen molar-refractivity contribution in [2.75, 3.05) is 0 Å². The first-order chi connectivity index (χ1) is 13.2. The van der Waals surface area contributed by atoms with E-state index in [0.717, 1.165) is 16.2 Å². The van der Waals surface area contributed by atoms with E-state index < -0.39 is 8.32 Å². The number of hydrogen-bond acceptors (Lipinski definition) is 4. The summed E-state index contributed by atoms with van der Waals surface area (Å²) in [5.41, 5.74) is 2.78. The first-order valence-electron chi connectivity index (χ1n) is 10.2. The number of benzene rings is 1. The molecule has 0 unspecified atom stereocenters. The molecule has 0 N–H and O–H groups in total. The van der Waals surface area contributed by atoms with Crippen molar-refractivity contribution >= 4 is 20.1 Å². The van der Waals surface area contributed by atoms with Gasteiger partial charge in [0, 0.05) is 10.6 Å². The summed E-state index contributed by atoms with van der Waals surface area (Å²) in [4.78, 5) is 14.2. The van der Waals surface area contributed by atoms with Gasteiger partial charge in [-0.05, 0) is 51.4 Å². The Kier molecular flexibility index (Phi) is 7.24. The quantitative estimate of drug-likeness (QED) is 0.407. The molecule has 1 heterocycles. The van der Waals surface area contributed by atoms with E-state index >= 15 is 0 Å². The van der Waals surface area contributed by atoms with E-state index in [1.807, 2.05) is 27.0 Å². The lowest BCUT2D eigenvalue weighted by molar-refractivity contribution is 0.264. The Balaban J connectivity index is 2.35. The minimum Gasteiger partial charge on any atom is -0.412 e. The van der Waals surface area contributed by atoms with Crippen LogP contribution in [0.2, 0.25) is 18.1 Å². The molecule has 160 valence electrons. The van der Waals surface area contributed by atoms with Gasteiger partial charge >= 0.3 is 0 Å². The first-order valence-corrected chi connectivity index (χ1v) is 14.1. The zero-order chi connectivity index (χ0) is 22.0. The summed E-state index contributed by atoms with van der Waals surface area (Å²) in [5, 5.41) is 4.56. The number of aromatic nitrogens is 2. The van der Waals surface area contributed by atoms with E-state index in [0.29, 0.717) is 6.61 Å². The van der Waals surface area contributed by atoms with Crippen LogP contribution in [-0.2, 0) is 22.3 Å². The highest BCUT2D eigenvalue weighted by atomic mass is 32.2. The van der Waals surface area contributed by atoms with Gasteiger partial charge < -0.3 is 4.43 Å². The molecule has 0 spiro atoms. The van der Waals surface area contributed by atoms with Crippen molar-refractivity contribution in [3.8, 4) is 0 Å². The standard InChI is InChI=1S/C23H36N2O2SSi/c1-17-10-12-18(13-11-17)16-28-20-14-24-25(22(2,3)4)21(26)19(20)15-27-29(8,9)23(5,6)7/h10-14H,15-16H2,1-9H3. The second-order valence-corrected chi connectivity index (χ2v) is 16.0. The molecule has 0 amide bonds. The van der Waals surface area contributed by atoms with Gasteiger partial charge in [0.05, 0.1) is 23.9 Å². The number of aryl methyl sites for hydroxylation is 1. The van der Waals surface area contributed by atoms with E-state index in [-0.39, 0.29) is 16.1 Å². The van der Waals surface area contributed by atoms with Gasteiger partial charge in [0.2, 0.25) is 0 Å². The average Bonchev–Trinajstić information content (AvgIpc) is 2.58. The molecule has 0 aliphatic heterocycles. The number of nitrogens with zero attached hydrogens (tertiary/aromatic N) is 2. The minimum absolute atomic E-state index is 0.0508. The second-order valence-electron chi connectivity index (χ2n) is 10.2. The molecule has 0 fully saturated rings. The molecule has 2 rings (SSSR count). The highest BCUT2D eigenvalue weighted by Crippen LogP contribution is 2.37.